The fourth-order valence-corrected chi connectivity index (χ4v) is 2.15. The number of nitrogens with zero attached hydrogens (tertiary/aromatic N) is 3. The molecular weight excluding hydrogens is 252 g/mol. The molecule has 5 nitrogen and oxygen atoms in total. The highest BCUT2D eigenvalue weighted by Crippen LogP contribution is 2.29. The SMILES string of the molecule is CCN(c1nc(C)cc(CN)n1)c1cc(O)ccc1C. The zero-order chi connectivity index (χ0) is 14.7. The quantitative estimate of drug-likeness (QED) is 0.894. The summed E-state index contributed by atoms with van der Waals surface area (Å²) in [5.74, 6) is 0.845. The number of aryl methyl sites for hydroxylation is 2. The summed E-state index contributed by atoms with van der Waals surface area (Å²) in [5.41, 5.74) is 9.33. The Labute approximate surface area is 119 Å². The normalized spacial score (nSPS) is 10.6. The summed E-state index contributed by atoms with van der Waals surface area (Å²) in [4.78, 5) is 10.9. The molecule has 0 saturated carbocycles. The van der Waals surface area contributed by atoms with Crippen LogP contribution in [0, 0.1) is 13.8 Å². The van der Waals surface area contributed by atoms with E-state index < -0.39 is 0 Å². The third-order valence-electron chi connectivity index (χ3n) is 3.15. The first-order chi connectivity index (χ1) is 9.55. The maximum absolute atomic E-state index is 9.70. The van der Waals surface area contributed by atoms with Crippen LogP contribution in [0.4, 0.5) is 11.6 Å². The van der Waals surface area contributed by atoms with E-state index in [2.05, 4.69) is 9.97 Å². The molecule has 0 spiro atoms. The predicted molar refractivity (Wildman–Crippen MR) is 80.2 cm³/mol. The lowest BCUT2D eigenvalue weighted by Gasteiger charge is -2.23. The molecule has 1 aromatic carbocycles. The molecule has 106 valence electrons. The van der Waals surface area contributed by atoms with E-state index in [-0.39, 0.29) is 5.75 Å². The Morgan fingerprint density at radius 2 is 1.95 bits per heavy atom. The minimum absolute atomic E-state index is 0.232. The summed E-state index contributed by atoms with van der Waals surface area (Å²) in [7, 11) is 0. The summed E-state index contributed by atoms with van der Waals surface area (Å²) in [6.07, 6.45) is 0. The number of rotatable bonds is 4. The zero-order valence-electron chi connectivity index (χ0n) is 12.1. The Morgan fingerprint density at radius 1 is 1.20 bits per heavy atom. The molecule has 0 saturated heterocycles. The second-order valence-electron chi connectivity index (χ2n) is 4.72. The Balaban J connectivity index is 2.51. The van der Waals surface area contributed by atoms with Crippen LogP contribution in [0.15, 0.2) is 24.3 Å². The number of hydrogen-bond acceptors (Lipinski definition) is 5. The Morgan fingerprint density at radius 3 is 2.60 bits per heavy atom. The van der Waals surface area contributed by atoms with Crippen molar-refractivity contribution in [2.75, 3.05) is 11.4 Å². The highest BCUT2D eigenvalue weighted by atomic mass is 16.3. The number of hydrogen-bond donors (Lipinski definition) is 2. The van der Waals surface area contributed by atoms with E-state index in [0.717, 1.165) is 22.6 Å². The van der Waals surface area contributed by atoms with Crippen LogP contribution in [-0.4, -0.2) is 21.6 Å². The van der Waals surface area contributed by atoms with Crippen LogP contribution in [0.2, 0.25) is 0 Å². The second kappa shape index (κ2) is 5.88. The molecule has 0 amide bonds. The predicted octanol–water partition coefficient (Wildman–Crippen LogP) is 2.42. The van der Waals surface area contributed by atoms with Gasteiger partial charge in [-0.2, -0.15) is 0 Å². The van der Waals surface area contributed by atoms with Crippen LogP contribution in [0.1, 0.15) is 23.9 Å². The van der Waals surface area contributed by atoms with Gasteiger partial charge in [-0.1, -0.05) is 6.07 Å². The van der Waals surface area contributed by atoms with Crippen molar-refractivity contribution in [1.82, 2.24) is 9.97 Å². The van der Waals surface area contributed by atoms with Crippen molar-refractivity contribution in [3.05, 3.63) is 41.2 Å². The lowest BCUT2D eigenvalue weighted by atomic mass is 10.1. The molecule has 0 atom stereocenters. The first-order valence-electron chi connectivity index (χ1n) is 6.67. The fourth-order valence-electron chi connectivity index (χ4n) is 2.15. The molecule has 0 radical (unpaired) electrons. The standard InChI is InChI=1S/C15H20N4O/c1-4-19(14-8-13(20)6-5-10(14)2)15-17-11(3)7-12(9-16)18-15/h5-8,20H,4,9,16H2,1-3H3. The average Bonchev–Trinajstić information content (AvgIpc) is 2.43. The van der Waals surface area contributed by atoms with Gasteiger partial charge in [0.15, 0.2) is 0 Å². The molecule has 0 bridgehead atoms. The van der Waals surface area contributed by atoms with Gasteiger partial charge >= 0.3 is 0 Å². The van der Waals surface area contributed by atoms with Crippen molar-refractivity contribution < 1.29 is 5.11 Å². The van der Waals surface area contributed by atoms with Gasteiger partial charge in [-0.05, 0) is 38.5 Å². The molecule has 1 aromatic heterocycles. The van der Waals surface area contributed by atoms with Gasteiger partial charge in [0, 0.05) is 24.8 Å². The molecule has 2 rings (SSSR count). The summed E-state index contributed by atoms with van der Waals surface area (Å²) in [6, 6.07) is 7.17. The zero-order valence-corrected chi connectivity index (χ0v) is 12.1. The number of anilines is 2. The van der Waals surface area contributed by atoms with E-state index in [9.17, 15) is 5.11 Å². The average molecular weight is 272 g/mol. The molecule has 1 heterocycles. The van der Waals surface area contributed by atoms with Crippen LogP contribution >= 0.6 is 0 Å². The maximum atomic E-state index is 9.70. The lowest BCUT2D eigenvalue weighted by molar-refractivity contribution is 0.475. The molecule has 5 heteroatoms. The van der Waals surface area contributed by atoms with Crippen molar-refractivity contribution in [2.24, 2.45) is 5.73 Å². The smallest absolute Gasteiger partial charge is 0.230 e. The van der Waals surface area contributed by atoms with Gasteiger partial charge < -0.3 is 15.7 Å². The fraction of sp³-hybridized carbons (Fsp3) is 0.333. The van der Waals surface area contributed by atoms with E-state index in [1.165, 1.54) is 0 Å². The Bertz CT molecular complexity index is 613. The number of phenolic OH excluding ortho intramolecular Hbond substituents is 1. The molecule has 0 aliphatic rings. The molecule has 2 aromatic rings. The summed E-state index contributed by atoms with van der Waals surface area (Å²) >= 11 is 0. The minimum Gasteiger partial charge on any atom is -0.508 e. The Kier molecular flexibility index (Phi) is 4.20. The molecule has 0 aliphatic carbocycles. The number of benzene rings is 1. The number of aromatic hydroxyl groups is 1. The molecule has 0 aliphatic heterocycles. The Hall–Kier alpha value is -2.14. The van der Waals surface area contributed by atoms with Crippen LogP contribution < -0.4 is 10.6 Å². The van der Waals surface area contributed by atoms with Gasteiger partial charge in [-0.15, -0.1) is 0 Å². The van der Waals surface area contributed by atoms with Crippen molar-refractivity contribution in [2.45, 2.75) is 27.3 Å². The topological polar surface area (TPSA) is 75.3 Å². The van der Waals surface area contributed by atoms with Gasteiger partial charge in [0.05, 0.1) is 11.4 Å². The van der Waals surface area contributed by atoms with E-state index in [0.29, 0.717) is 19.0 Å². The lowest BCUT2D eigenvalue weighted by Crippen LogP contribution is -2.21. The first kappa shape index (κ1) is 14.3. The van der Waals surface area contributed by atoms with E-state index in [1.807, 2.05) is 37.8 Å². The van der Waals surface area contributed by atoms with Gasteiger partial charge in [0.25, 0.3) is 0 Å². The third-order valence-corrected chi connectivity index (χ3v) is 3.15. The first-order valence-corrected chi connectivity index (χ1v) is 6.67. The molecule has 0 unspecified atom stereocenters. The van der Waals surface area contributed by atoms with Crippen LogP contribution in [0.3, 0.4) is 0 Å². The second-order valence-corrected chi connectivity index (χ2v) is 4.72. The van der Waals surface area contributed by atoms with Crippen LogP contribution in [0.5, 0.6) is 5.75 Å². The molecule has 3 N–H and O–H groups in total. The van der Waals surface area contributed by atoms with Crippen molar-refractivity contribution in [3.63, 3.8) is 0 Å². The van der Waals surface area contributed by atoms with Crippen molar-refractivity contribution in [3.8, 4) is 5.75 Å². The van der Waals surface area contributed by atoms with E-state index >= 15 is 0 Å². The summed E-state index contributed by atoms with van der Waals surface area (Å²) in [5, 5.41) is 9.70. The van der Waals surface area contributed by atoms with Gasteiger partial charge in [-0.25, -0.2) is 9.97 Å². The summed E-state index contributed by atoms with van der Waals surface area (Å²) in [6.45, 7) is 7.03. The molecular formula is C15H20N4O. The summed E-state index contributed by atoms with van der Waals surface area (Å²) < 4.78 is 0. The largest absolute Gasteiger partial charge is 0.508 e. The van der Waals surface area contributed by atoms with Gasteiger partial charge in [0.1, 0.15) is 5.75 Å². The van der Waals surface area contributed by atoms with Crippen LogP contribution in [-0.2, 0) is 6.54 Å². The van der Waals surface area contributed by atoms with E-state index in [4.69, 9.17) is 5.73 Å². The number of nitrogens with two attached hydrogens (primary N) is 1. The van der Waals surface area contributed by atoms with Crippen molar-refractivity contribution >= 4 is 11.6 Å². The number of aromatic nitrogens is 2. The molecule has 20 heavy (non-hydrogen) atoms. The van der Waals surface area contributed by atoms with Crippen LogP contribution in [0.25, 0.3) is 0 Å². The van der Waals surface area contributed by atoms with Gasteiger partial charge in [0.2, 0.25) is 5.95 Å². The van der Waals surface area contributed by atoms with Crippen molar-refractivity contribution in [1.29, 1.82) is 0 Å². The minimum atomic E-state index is 0.232. The monoisotopic (exact) mass is 272 g/mol. The maximum Gasteiger partial charge on any atom is 0.230 e. The highest BCUT2D eigenvalue weighted by molar-refractivity contribution is 5.63. The highest BCUT2D eigenvalue weighted by Gasteiger charge is 2.14. The van der Waals surface area contributed by atoms with Gasteiger partial charge in [-0.3, -0.25) is 0 Å². The molecule has 0 fully saturated rings. The van der Waals surface area contributed by atoms with E-state index in [1.54, 1.807) is 12.1 Å². The third kappa shape index (κ3) is 2.88. The number of phenols is 1.